The Hall–Kier alpha value is -4.51. The number of benzene rings is 4. The fourth-order valence-electron chi connectivity index (χ4n) is 5.91. The normalized spacial score (nSPS) is 21.2. The Morgan fingerprint density at radius 3 is 2.33 bits per heavy atom. The van der Waals surface area contributed by atoms with Crippen LogP contribution in [0.3, 0.4) is 0 Å². The molecule has 2 amide bonds. The highest BCUT2D eigenvalue weighted by Crippen LogP contribution is 2.39. The number of aliphatic hydroxyl groups excluding tert-OH is 1. The van der Waals surface area contributed by atoms with Crippen molar-refractivity contribution in [3.05, 3.63) is 114 Å². The molecule has 0 aliphatic carbocycles. The number of nitrogens with one attached hydrogen (secondary N) is 1. The number of aliphatic hydroxyl groups is 1. The molecule has 1 fully saturated rings. The van der Waals surface area contributed by atoms with E-state index >= 15 is 0 Å². The summed E-state index contributed by atoms with van der Waals surface area (Å²) in [6.45, 7) is 0.108. The van der Waals surface area contributed by atoms with Crippen LogP contribution >= 0.6 is 0 Å². The van der Waals surface area contributed by atoms with E-state index in [1.54, 1.807) is 53.6 Å². The molecule has 0 aromatic heterocycles. The van der Waals surface area contributed by atoms with Crippen LogP contribution in [0.25, 0.3) is 10.8 Å². The molecule has 0 spiro atoms. The second-order valence-corrected chi connectivity index (χ2v) is 12.8. The van der Waals surface area contributed by atoms with Crippen LogP contribution in [0, 0.1) is 5.92 Å². The third-order valence-electron chi connectivity index (χ3n) is 8.08. The number of anilines is 1. The molecule has 0 unspecified atom stereocenters. The van der Waals surface area contributed by atoms with Crippen molar-refractivity contribution in [2.75, 3.05) is 18.8 Å². The average Bonchev–Trinajstić information content (AvgIpc) is 3.25. The summed E-state index contributed by atoms with van der Waals surface area (Å²) in [6.07, 6.45) is 3.42. The van der Waals surface area contributed by atoms with E-state index in [0.717, 1.165) is 22.6 Å². The minimum absolute atomic E-state index is 0.108. The molecule has 1 saturated heterocycles. The molecule has 0 saturated carbocycles. The number of methoxy groups -OCH3 is 1. The van der Waals surface area contributed by atoms with Crippen LogP contribution in [0.15, 0.2) is 108 Å². The van der Waals surface area contributed by atoms with Crippen molar-refractivity contribution in [2.24, 2.45) is 5.92 Å². The maximum absolute atomic E-state index is 14.1. The van der Waals surface area contributed by atoms with Crippen LogP contribution in [-0.4, -0.2) is 60.7 Å². The number of hydrogen-bond donors (Lipinski definition) is 2. The molecule has 0 radical (unpaired) electrons. The Morgan fingerprint density at radius 1 is 0.884 bits per heavy atom. The highest BCUT2D eigenvalue weighted by atomic mass is 32.2. The number of amides is 2. The Bertz CT molecular complexity index is 1830. The minimum atomic E-state index is -3.42. The third kappa shape index (κ3) is 5.29. The molecule has 2 aliphatic heterocycles. The van der Waals surface area contributed by atoms with Crippen molar-refractivity contribution in [1.82, 2.24) is 9.91 Å². The van der Waals surface area contributed by atoms with Gasteiger partial charge in [0.2, 0.25) is 11.8 Å². The predicted molar refractivity (Wildman–Crippen MR) is 163 cm³/mol. The highest BCUT2D eigenvalue weighted by Gasteiger charge is 2.53. The van der Waals surface area contributed by atoms with Gasteiger partial charge in [-0.2, -0.15) is 0 Å². The van der Waals surface area contributed by atoms with E-state index in [-0.39, 0.29) is 17.3 Å². The topological polar surface area (TPSA) is 116 Å². The van der Waals surface area contributed by atoms with Gasteiger partial charge in [0.25, 0.3) is 0 Å². The Labute approximate surface area is 249 Å². The molecule has 10 heteroatoms. The zero-order valence-corrected chi connectivity index (χ0v) is 24.4. The van der Waals surface area contributed by atoms with Gasteiger partial charge in [-0.05, 0) is 46.7 Å². The number of hydrogen-bond acceptors (Lipinski definition) is 8. The molecular formula is C33H31N3O6S. The second kappa shape index (κ2) is 11.3. The van der Waals surface area contributed by atoms with E-state index in [4.69, 9.17) is 4.74 Å². The number of imide groups is 1. The van der Waals surface area contributed by atoms with E-state index in [9.17, 15) is 23.1 Å². The summed E-state index contributed by atoms with van der Waals surface area (Å²) < 4.78 is 29.5. The Morgan fingerprint density at radius 2 is 1.58 bits per heavy atom. The molecule has 2 aliphatic rings. The molecule has 4 aromatic rings. The van der Waals surface area contributed by atoms with Crippen molar-refractivity contribution >= 4 is 38.1 Å². The molecule has 6 rings (SSSR count). The van der Waals surface area contributed by atoms with E-state index in [0.29, 0.717) is 17.0 Å². The first-order valence-corrected chi connectivity index (χ1v) is 15.7. The van der Waals surface area contributed by atoms with E-state index in [2.05, 4.69) is 5.43 Å². The van der Waals surface area contributed by atoms with Crippen LogP contribution < -0.4 is 10.2 Å². The van der Waals surface area contributed by atoms with Crippen molar-refractivity contribution < 1.29 is 27.9 Å². The summed E-state index contributed by atoms with van der Waals surface area (Å²) in [5, 5.41) is 15.2. The molecular weight excluding hydrogens is 566 g/mol. The van der Waals surface area contributed by atoms with E-state index in [1.807, 2.05) is 42.5 Å². The SMILES string of the molecule is COc1ccccc1[C@@H](O)[C@H]1C=C[C@H]2C(=O)N(Cc3cccc4ccccc34)C(=O)[C@H]2N1Nc1ccc(S(C)(=O)=O)cc1. The number of hydrazine groups is 1. The van der Waals surface area contributed by atoms with Crippen molar-refractivity contribution in [1.29, 1.82) is 0 Å². The smallest absolute Gasteiger partial charge is 0.249 e. The number of fused-ring (bicyclic) bond motifs is 2. The van der Waals surface area contributed by atoms with Gasteiger partial charge in [0.15, 0.2) is 9.84 Å². The molecule has 220 valence electrons. The van der Waals surface area contributed by atoms with Crippen molar-refractivity contribution in [2.45, 2.75) is 29.6 Å². The summed E-state index contributed by atoms with van der Waals surface area (Å²) in [6, 6.07) is 25.1. The largest absolute Gasteiger partial charge is 0.496 e. The minimum Gasteiger partial charge on any atom is -0.496 e. The molecule has 9 nitrogen and oxygen atoms in total. The zero-order chi connectivity index (χ0) is 30.3. The van der Waals surface area contributed by atoms with Gasteiger partial charge in [0.05, 0.1) is 30.5 Å². The van der Waals surface area contributed by atoms with E-state index in [1.165, 1.54) is 24.1 Å². The van der Waals surface area contributed by atoms with Crippen LogP contribution in [0.4, 0.5) is 5.69 Å². The lowest BCUT2D eigenvalue weighted by molar-refractivity contribution is -0.140. The quantitative estimate of drug-likeness (QED) is 0.230. The summed E-state index contributed by atoms with van der Waals surface area (Å²) in [5.74, 6) is -1.03. The molecule has 2 N–H and O–H groups in total. The fourth-order valence-corrected chi connectivity index (χ4v) is 6.54. The van der Waals surface area contributed by atoms with Gasteiger partial charge in [-0.3, -0.25) is 14.5 Å². The first kappa shape index (κ1) is 28.6. The lowest BCUT2D eigenvalue weighted by Gasteiger charge is -2.41. The highest BCUT2D eigenvalue weighted by molar-refractivity contribution is 7.90. The fraction of sp³-hybridized carbons (Fsp3) is 0.212. The van der Waals surface area contributed by atoms with Gasteiger partial charge >= 0.3 is 0 Å². The maximum Gasteiger partial charge on any atom is 0.249 e. The van der Waals surface area contributed by atoms with Crippen LogP contribution in [0.5, 0.6) is 5.75 Å². The summed E-state index contributed by atoms with van der Waals surface area (Å²) in [7, 11) is -1.90. The third-order valence-corrected chi connectivity index (χ3v) is 9.21. The molecule has 4 aromatic carbocycles. The first-order chi connectivity index (χ1) is 20.7. The molecule has 4 atom stereocenters. The first-order valence-electron chi connectivity index (χ1n) is 13.8. The molecule has 2 heterocycles. The van der Waals surface area contributed by atoms with Gasteiger partial charge < -0.3 is 15.3 Å². The van der Waals surface area contributed by atoms with Gasteiger partial charge in [-0.15, -0.1) is 0 Å². The van der Waals surface area contributed by atoms with E-state index < -0.39 is 39.8 Å². The van der Waals surface area contributed by atoms with Crippen LogP contribution in [-0.2, 0) is 26.0 Å². The summed E-state index contributed by atoms with van der Waals surface area (Å²) in [5.41, 5.74) is 5.08. The maximum atomic E-state index is 14.1. The Balaban J connectivity index is 1.37. The van der Waals surface area contributed by atoms with Gasteiger partial charge in [0, 0.05) is 17.5 Å². The number of likely N-dealkylation sites (tertiary alicyclic amines) is 1. The average molecular weight is 598 g/mol. The molecule has 0 bridgehead atoms. The second-order valence-electron chi connectivity index (χ2n) is 10.7. The lowest BCUT2D eigenvalue weighted by atomic mass is 9.90. The van der Waals surface area contributed by atoms with Crippen molar-refractivity contribution in [3.8, 4) is 5.75 Å². The number of nitrogens with zero attached hydrogens (tertiary/aromatic N) is 2. The standard InChI is InChI=1S/C33H31N3O6S/c1-42-29-13-6-5-12-26(29)31(37)28-19-18-27-30(36(28)34-23-14-16-24(17-15-23)43(2,40)41)33(39)35(32(27)38)20-22-10-7-9-21-8-3-4-11-25(21)22/h3-19,27-28,30-31,34,37H,20H2,1-2H3/t27-,28-,30+,31-/m1/s1. The number of ether oxygens (including phenoxy) is 1. The number of sulfone groups is 1. The van der Waals surface area contributed by atoms with Gasteiger partial charge in [0.1, 0.15) is 17.9 Å². The monoisotopic (exact) mass is 597 g/mol. The summed E-state index contributed by atoms with van der Waals surface area (Å²) in [4.78, 5) is 29.3. The number of carbonyl (C=O) groups excluding carboxylic acids is 2. The van der Waals surface area contributed by atoms with Gasteiger partial charge in [-0.25, -0.2) is 13.4 Å². The lowest BCUT2D eigenvalue weighted by Crippen LogP contribution is -2.55. The van der Waals surface area contributed by atoms with Gasteiger partial charge in [-0.1, -0.05) is 72.8 Å². The van der Waals surface area contributed by atoms with Crippen LogP contribution in [0.1, 0.15) is 17.2 Å². The Kier molecular flexibility index (Phi) is 7.51. The number of para-hydroxylation sites is 1. The number of rotatable bonds is 8. The number of carbonyl (C=O) groups is 2. The zero-order valence-electron chi connectivity index (χ0n) is 23.6. The van der Waals surface area contributed by atoms with Crippen LogP contribution in [0.2, 0.25) is 0 Å². The predicted octanol–water partition coefficient (Wildman–Crippen LogP) is 4.11. The van der Waals surface area contributed by atoms with Crippen molar-refractivity contribution in [3.63, 3.8) is 0 Å². The summed E-state index contributed by atoms with van der Waals surface area (Å²) >= 11 is 0. The molecule has 43 heavy (non-hydrogen) atoms.